The Balaban J connectivity index is 1.92. The van der Waals surface area contributed by atoms with Crippen molar-refractivity contribution < 1.29 is 18.0 Å². The quantitative estimate of drug-likeness (QED) is 0.780. The number of nitrogens with one attached hydrogen (secondary N) is 1. The summed E-state index contributed by atoms with van der Waals surface area (Å²) < 4.78 is 27.9. The highest BCUT2D eigenvalue weighted by atomic mass is 35.5. The zero-order valence-electron chi connectivity index (χ0n) is 13.8. The molecule has 1 atom stereocenters. The van der Waals surface area contributed by atoms with E-state index in [1.807, 2.05) is 0 Å². The van der Waals surface area contributed by atoms with Gasteiger partial charge in [0.1, 0.15) is 0 Å². The van der Waals surface area contributed by atoms with E-state index in [1.165, 1.54) is 31.3 Å². The first kappa shape index (κ1) is 18.8. The molecule has 1 aliphatic rings. The molecule has 0 bridgehead atoms. The second-order valence-corrected chi connectivity index (χ2v) is 8.44. The molecule has 0 aliphatic carbocycles. The minimum absolute atomic E-state index is 0.0672. The van der Waals surface area contributed by atoms with E-state index >= 15 is 0 Å². The van der Waals surface area contributed by atoms with E-state index < -0.39 is 27.9 Å². The van der Waals surface area contributed by atoms with Crippen molar-refractivity contribution in [3.8, 4) is 0 Å². The van der Waals surface area contributed by atoms with Crippen LogP contribution in [-0.2, 0) is 10.0 Å². The molecule has 1 aliphatic heterocycles. The molecule has 1 unspecified atom stereocenters. The van der Waals surface area contributed by atoms with Gasteiger partial charge in [-0.3, -0.25) is 14.5 Å². The van der Waals surface area contributed by atoms with Crippen molar-refractivity contribution in [2.24, 2.45) is 0 Å². The number of halogens is 2. The molecule has 0 aromatic heterocycles. The fourth-order valence-electron chi connectivity index (χ4n) is 2.72. The first-order valence-corrected chi connectivity index (χ1v) is 9.79. The molecule has 2 aromatic rings. The van der Waals surface area contributed by atoms with E-state index in [9.17, 15) is 18.0 Å². The third kappa shape index (κ3) is 3.23. The van der Waals surface area contributed by atoms with Crippen LogP contribution in [0.25, 0.3) is 0 Å². The zero-order chi connectivity index (χ0) is 19.2. The van der Waals surface area contributed by atoms with Crippen molar-refractivity contribution in [1.29, 1.82) is 0 Å². The lowest BCUT2D eigenvalue weighted by Gasteiger charge is -2.16. The number of rotatable bonds is 4. The number of imide groups is 1. The van der Waals surface area contributed by atoms with Crippen LogP contribution in [0.1, 0.15) is 39.2 Å². The lowest BCUT2D eigenvalue weighted by molar-refractivity contribution is 0.0693. The summed E-state index contributed by atoms with van der Waals surface area (Å²) in [7, 11) is -2.59. The second-order valence-electron chi connectivity index (χ2n) is 5.89. The molecule has 0 fully saturated rings. The molecule has 0 radical (unpaired) electrons. The van der Waals surface area contributed by atoms with Gasteiger partial charge in [-0.2, -0.15) is 0 Å². The van der Waals surface area contributed by atoms with Crippen LogP contribution < -0.4 is 4.72 Å². The first-order chi connectivity index (χ1) is 12.1. The molecule has 0 spiro atoms. The highest BCUT2D eigenvalue weighted by molar-refractivity contribution is 7.89. The van der Waals surface area contributed by atoms with Crippen molar-refractivity contribution >= 4 is 45.0 Å². The van der Waals surface area contributed by atoms with Crippen LogP contribution in [-0.4, -0.2) is 32.2 Å². The van der Waals surface area contributed by atoms with Gasteiger partial charge in [0.15, 0.2) is 0 Å². The van der Waals surface area contributed by atoms with E-state index in [2.05, 4.69) is 4.72 Å². The Morgan fingerprint density at radius 3 is 2.31 bits per heavy atom. The Hall–Kier alpha value is -1.93. The number of carbonyl (C=O) groups excluding carboxylic acids is 2. The van der Waals surface area contributed by atoms with Gasteiger partial charge in [0, 0.05) is 23.1 Å². The maximum absolute atomic E-state index is 12.7. The van der Waals surface area contributed by atoms with Gasteiger partial charge in [-0.1, -0.05) is 29.3 Å². The maximum atomic E-state index is 12.7. The van der Waals surface area contributed by atoms with Crippen LogP contribution in [0.4, 0.5) is 0 Å². The fraction of sp³-hybridized carbons (Fsp3) is 0.176. The smallest absolute Gasteiger partial charge is 0.261 e. The summed E-state index contributed by atoms with van der Waals surface area (Å²) in [6, 6.07) is 7.99. The number of benzene rings is 2. The Morgan fingerprint density at radius 1 is 1.00 bits per heavy atom. The van der Waals surface area contributed by atoms with Gasteiger partial charge in [0.25, 0.3) is 11.8 Å². The van der Waals surface area contributed by atoms with Crippen molar-refractivity contribution in [3.05, 3.63) is 63.1 Å². The molecule has 1 heterocycles. The molecule has 3 rings (SSSR count). The van der Waals surface area contributed by atoms with Gasteiger partial charge in [0.05, 0.1) is 16.0 Å². The summed E-state index contributed by atoms with van der Waals surface area (Å²) in [6.45, 7) is 1.64. The molecule has 6 nitrogen and oxygen atoms in total. The SMILES string of the molecule is CC(NS(=O)(=O)c1ccc2c(c1)C(=O)N(C)C2=O)c1ccc(Cl)cc1Cl. The molecular formula is C17H14Cl2N2O4S. The summed E-state index contributed by atoms with van der Waals surface area (Å²) in [4.78, 5) is 24.8. The van der Waals surface area contributed by atoms with Gasteiger partial charge in [-0.25, -0.2) is 13.1 Å². The summed E-state index contributed by atoms with van der Waals surface area (Å²) in [5.74, 6) is -0.987. The molecule has 136 valence electrons. The standard InChI is InChI=1S/C17H14Cl2N2O4S/c1-9(12-5-3-10(18)7-15(12)19)20-26(24,25)11-4-6-13-14(8-11)17(23)21(2)16(13)22/h3-9,20H,1-2H3. The van der Waals surface area contributed by atoms with Crippen LogP contribution in [0, 0.1) is 0 Å². The van der Waals surface area contributed by atoms with Gasteiger partial charge in [-0.05, 0) is 42.8 Å². The van der Waals surface area contributed by atoms with E-state index in [4.69, 9.17) is 23.2 Å². The van der Waals surface area contributed by atoms with Crippen LogP contribution in [0.3, 0.4) is 0 Å². The maximum Gasteiger partial charge on any atom is 0.261 e. The molecule has 0 saturated heterocycles. The molecule has 2 amide bonds. The molecule has 9 heteroatoms. The van der Waals surface area contributed by atoms with E-state index in [0.29, 0.717) is 15.6 Å². The zero-order valence-corrected chi connectivity index (χ0v) is 16.1. The highest BCUT2D eigenvalue weighted by Gasteiger charge is 2.34. The lowest BCUT2D eigenvalue weighted by atomic mass is 10.1. The normalized spacial score (nSPS) is 15.3. The van der Waals surface area contributed by atoms with E-state index in [0.717, 1.165) is 4.90 Å². The largest absolute Gasteiger partial charge is 0.277 e. The topological polar surface area (TPSA) is 83.6 Å². The van der Waals surface area contributed by atoms with E-state index in [-0.39, 0.29) is 16.0 Å². The Bertz CT molecular complexity index is 1040. The minimum atomic E-state index is -3.94. The van der Waals surface area contributed by atoms with Crippen LogP contribution in [0.2, 0.25) is 10.0 Å². The Labute approximate surface area is 160 Å². The Morgan fingerprint density at radius 2 is 1.65 bits per heavy atom. The highest BCUT2D eigenvalue weighted by Crippen LogP contribution is 2.28. The first-order valence-electron chi connectivity index (χ1n) is 7.55. The third-order valence-electron chi connectivity index (χ3n) is 4.13. The van der Waals surface area contributed by atoms with Crippen molar-refractivity contribution in [2.45, 2.75) is 17.9 Å². The van der Waals surface area contributed by atoms with Gasteiger partial charge < -0.3 is 0 Å². The third-order valence-corrected chi connectivity index (χ3v) is 6.23. The number of sulfonamides is 1. The fourth-order valence-corrected chi connectivity index (χ4v) is 4.55. The summed E-state index contributed by atoms with van der Waals surface area (Å²) in [5, 5.41) is 0.781. The van der Waals surface area contributed by atoms with Gasteiger partial charge in [0.2, 0.25) is 10.0 Å². The average Bonchev–Trinajstić information content (AvgIpc) is 2.78. The summed E-state index contributed by atoms with van der Waals surface area (Å²) in [5.41, 5.74) is 0.814. The molecule has 1 N–H and O–H groups in total. The second kappa shape index (κ2) is 6.66. The molecule has 26 heavy (non-hydrogen) atoms. The number of carbonyl (C=O) groups is 2. The minimum Gasteiger partial charge on any atom is -0.277 e. The molecular weight excluding hydrogens is 399 g/mol. The number of nitrogens with zero attached hydrogens (tertiary/aromatic N) is 1. The molecule has 2 aromatic carbocycles. The van der Waals surface area contributed by atoms with Crippen molar-refractivity contribution in [1.82, 2.24) is 9.62 Å². The monoisotopic (exact) mass is 412 g/mol. The van der Waals surface area contributed by atoms with Crippen molar-refractivity contribution in [2.75, 3.05) is 7.05 Å². The van der Waals surface area contributed by atoms with Crippen LogP contribution in [0.5, 0.6) is 0 Å². The summed E-state index contributed by atoms with van der Waals surface area (Å²) in [6.07, 6.45) is 0. The Kier molecular flexibility index (Phi) is 4.83. The predicted molar refractivity (Wildman–Crippen MR) is 98.1 cm³/mol. The van der Waals surface area contributed by atoms with Gasteiger partial charge >= 0.3 is 0 Å². The number of amides is 2. The van der Waals surface area contributed by atoms with Gasteiger partial charge in [-0.15, -0.1) is 0 Å². The number of hydrogen-bond acceptors (Lipinski definition) is 4. The summed E-state index contributed by atoms with van der Waals surface area (Å²) >= 11 is 12.0. The van der Waals surface area contributed by atoms with Crippen LogP contribution >= 0.6 is 23.2 Å². The predicted octanol–water partition coefficient (Wildman–Crippen LogP) is 3.26. The number of fused-ring (bicyclic) bond motifs is 1. The lowest BCUT2D eigenvalue weighted by Crippen LogP contribution is -2.27. The van der Waals surface area contributed by atoms with Crippen molar-refractivity contribution in [3.63, 3.8) is 0 Å². The number of hydrogen-bond donors (Lipinski definition) is 1. The average molecular weight is 413 g/mol. The molecule has 0 saturated carbocycles. The van der Waals surface area contributed by atoms with Crippen LogP contribution in [0.15, 0.2) is 41.3 Å². The van der Waals surface area contributed by atoms with E-state index in [1.54, 1.807) is 19.1 Å².